The van der Waals surface area contributed by atoms with Crippen molar-refractivity contribution in [3.05, 3.63) is 210 Å². The van der Waals surface area contributed by atoms with Crippen LogP contribution in [-0.4, -0.2) is 17.4 Å². The van der Waals surface area contributed by atoms with Crippen LogP contribution in [0.4, 0.5) is 5.69 Å². The fourth-order valence-electron chi connectivity index (χ4n) is 9.76. The molecule has 272 valence electrons. The van der Waals surface area contributed by atoms with Gasteiger partial charge in [-0.1, -0.05) is 171 Å². The van der Waals surface area contributed by atoms with Crippen LogP contribution in [0.25, 0.3) is 66.2 Å². The van der Waals surface area contributed by atoms with Crippen molar-refractivity contribution in [2.75, 3.05) is 4.90 Å². The van der Waals surface area contributed by atoms with Crippen LogP contribution in [0.1, 0.15) is 36.1 Å². The summed E-state index contributed by atoms with van der Waals surface area (Å²) >= 11 is 0. The molecule has 0 N–H and O–H groups in total. The Morgan fingerprint density at radius 2 is 1.12 bits per heavy atom. The van der Waals surface area contributed by atoms with E-state index in [4.69, 9.17) is 4.99 Å². The van der Waals surface area contributed by atoms with Crippen molar-refractivity contribution < 1.29 is 0 Å². The number of amidine groups is 1. The van der Waals surface area contributed by atoms with E-state index in [1.165, 1.54) is 76.8 Å². The molecular weight excluding hydrogens is 689 g/mol. The van der Waals surface area contributed by atoms with Crippen molar-refractivity contribution in [3.8, 4) is 22.3 Å². The average molecular weight is 731 g/mol. The van der Waals surface area contributed by atoms with Gasteiger partial charge in [0.2, 0.25) is 0 Å². The molecule has 1 aliphatic heterocycles. The van der Waals surface area contributed by atoms with Gasteiger partial charge >= 0.3 is 0 Å². The van der Waals surface area contributed by atoms with Gasteiger partial charge in [-0.2, -0.15) is 0 Å². The predicted molar refractivity (Wildman–Crippen MR) is 243 cm³/mol. The minimum absolute atomic E-state index is 0.123. The highest BCUT2D eigenvalue weighted by Gasteiger charge is 2.44. The quantitative estimate of drug-likeness (QED) is 0.172. The molecule has 0 bridgehead atoms. The number of nitrogens with zero attached hydrogens (tertiary/aromatic N) is 2. The monoisotopic (exact) mass is 730 g/mol. The number of hydrogen-bond acceptors (Lipinski definition) is 2. The summed E-state index contributed by atoms with van der Waals surface area (Å²) in [5.41, 5.74) is 12.5. The first-order valence-corrected chi connectivity index (χ1v) is 20.2. The lowest BCUT2D eigenvalue weighted by atomic mass is 9.74. The summed E-state index contributed by atoms with van der Waals surface area (Å²) in [5, 5.41) is 7.65. The highest BCUT2D eigenvalue weighted by molar-refractivity contribution is 6.14. The molecule has 0 spiro atoms. The third-order valence-corrected chi connectivity index (χ3v) is 12.6. The van der Waals surface area contributed by atoms with E-state index < -0.39 is 0 Å². The number of anilines is 1. The van der Waals surface area contributed by atoms with Crippen molar-refractivity contribution in [2.24, 2.45) is 10.9 Å². The summed E-state index contributed by atoms with van der Waals surface area (Å²) in [6.45, 7) is 4.64. The number of para-hydroxylation sites is 1. The molecule has 1 heterocycles. The number of rotatable bonds is 5. The molecule has 57 heavy (non-hydrogen) atoms. The largest absolute Gasteiger partial charge is 0.316 e. The maximum absolute atomic E-state index is 5.40. The molecule has 0 radical (unpaired) electrons. The van der Waals surface area contributed by atoms with Gasteiger partial charge in [0.1, 0.15) is 11.4 Å². The third kappa shape index (κ3) is 5.51. The molecule has 11 rings (SSSR count). The van der Waals surface area contributed by atoms with E-state index in [2.05, 4.69) is 213 Å². The number of benzene rings is 8. The van der Waals surface area contributed by atoms with Crippen LogP contribution < -0.4 is 4.90 Å². The van der Waals surface area contributed by atoms with Crippen LogP contribution in [-0.2, 0) is 6.42 Å². The fourth-order valence-corrected chi connectivity index (χ4v) is 9.76. The Hall–Kier alpha value is -6.77. The smallest absolute Gasteiger partial charge is 0.137 e. The van der Waals surface area contributed by atoms with Gasteiger partial charge in [0.05, 0.1) is 6.04 Å². The van der Waals surface area contributed by atoms with Crippen LogP contribution in [0, 0.1) is 5.92 Å². The standard InChI is InChI=1S/C55H42N2/c1-36-32-49-50(35-48(36)39-25-27-40(28-26-39)54-56-55(2)31-13-12-22-51(55)57(54)45-18-4-3-5-19-45)53(44-30-24-38-15-7-9-17-42(38)34-44)47-21-11-10-20-46(47)52(49)43-29-23-37-14-6-8-16-41(37)33-43/h3-31,33-36,51H,32H2,1-2H3. The second-order valence-corrected chi connectivity index (χ2v) is 16.1. The molecule has 0 fully saturated rings. The lowest BCUT2D eigenvalue weighted by molar-refractivity contribution is 0.549. The highest BCUT2D eigenvalue weighted by Crippen LogP contribution is 2.49. The Morgan fingerprint density at radius 3 is 1.81 bits per heavy atom. The maximum atomic E-state index is 5.40. The van der Waals surface area contributed by atoms with Gasteiger partial charge in [-0.15, -0.1) is 0 Å². The Kier molecular flexibility index (Phi) is 7.76. The SMILES string of the molecule is CC1Cc2c(c(-c3ccc4ccccc4c3)c3ccccc3c2-c2ccc3ccccc3c2)C=C1c1ccc(C2=NC3(C)C=CC=CC3N2c2ccccc2)cc1. The fraction of sp³-hybridized carbons (Fsp3) is 0.109. The summed E-state index contributed by atoms with van der Waals surface area (Å²) in [4.78, 5) is 7.81. The van der Waals surface area contributed by atoms with E-state index in [0.717, 1.165) is 23.5 Å². The molecule has 0 aromatic heterocycles. The van der Waals surface area contributed by atoms with Gasteiger partial charge in [-0.25, -0.2) is 0 Å². The zero-order valence-corrected chi connectivity index (χ0v) is 32.2. The van der Waals surface area contributed by atoms with Crippen LogP contribution in [0.5, 0.6) is 0 Å². The molecule has 8 aromatic rings. The lowest BCUT2D eigenvalue weighted by Gasteiger charge is -2.33. The number of hydrogen-bond donors (Lipinski definition) is 0. The van der Waals surface area contributed by atoms with Crippen LogP contribution >= 0.6 is 0 Å². The normalized spacial score (nSPS) is 19.8. The summed E-state index contributed by atoms with van der Waals surface area (Å²) in [7, 11) is 0. The number of fused-ring (bicyclic) bond motifs is 5. The summed E-state index contributed by atoms with van der Waals surface area (Å²) in [5.74, 6) is 1.33. The molecule has 0 saturated heterocycles. The Bertz CT molecular complexity index is 3020. The maximum Gasteiger partial charge on any atom is 0.137 e. The van der Waals surface area contributed by atoms with Crippen molar-refractivity contribution in [1.82, 2.24) is 0 Å². The molecule has 8 aromatic carbocycles. The van der Waals surface area contributed by atoms with E-state index in [1.54, 1.807) is 0 Å². The first-order valence-electron chi connectivity index (χ1n) is 20.2. The van der Waals surface area contributed by atoms with Gasteiger partial charge in [-0.05, 0) is 126 Å². The minimum Gasteiger partial charge on any atom is -0.316 e. The van der Waals surface area contributed by atoms with Gasteiger partial charge in [0.15, 0.2) is 0 Å². The third-order valence-electron chi connectivity index (χ3n) is 12.6. The van der Waals surface area contributed by atoms with Crippen molar-refractivity contribution in [2.45, 2.75) is 31.8 Å². The second kappa shape index (κ2) is 13.2. The molecular formula is C55H42N2. The predicted octanol–water partition coefficient (Wildman–Crippen LogP) is 13.7. The molecule has 2 heteroatoms. The van der Waals surface area contributed by atoms with E-state index in [9.17, 15) is 0 Å². The summed E-state index contributed by atoms with van der Waals surface area (Å²) < 4.78 is 0. The zero-order valence-electron chi connectivity index (χ0n) is 32.2. The Balaban J connectivity index is 1.09. The van der Waals surface area contributed by atoms with Gasteiger partial charge in [0, 0.05) is 11.3 Å². The Morgan fingerprint density at radius 1 is 0.561 bits per heavy atom. The van der Waals surface area contributed by atoms with Gasteiger partial charge in [-0.3, -0.25) is 4.99 Å². The Labute approximate surface area is 334 Å². The molecule has 3 atom stereocenters. The zero-order chi connectivity index (χ0) is 38.1. The molecule has 3 aliphatic rings. The molecule has 2 nitrogen and oxygen atoms in total. The first kappa shape index (κ1) is 33.6. The van der Waals surface area contributed by atoms with Crippen molar-refractivity contribution in [3.63, 3.8) is 0 Å². The summed E-state index contributed by atoms with van der Waals surface area (Å²) in [6.07, 6.45) is 12.3. The number of aliphatic imine (C=N–C) groups is 1. The summed E-state index contributed by atoms with van der Waals surface area (Å²) in [6, 6.07) is 60.5. The van der Waals surface area contributed by atoms with Crippen molar-refractivity contribution in [1.29, 1.82) is 0 Å². The number of allylic oxidation sites excluding steroid dienone is 3. The molecule has 3 unspecified atom stereocenters. The van der Waals surface area contributed by atoms with Gasteiger partial charge < -0.3 is 4.90 Å². The van der Waals surface area contributed by atoms with E-state index in [-0.39, 0.29) is 11.6 Å². The second-order valence-electron chi connectivity index (χ2n) is 16.1. The van der Waals surface area contributed by atoms with Crippen LogP contribution in [0.3, 0.4) is 0 Å². The van der Waals surface area contributed by atoms with E-state index in [1.807, 2.05) is 0 Å². The van der Waals surface area contributed by atoms with E-state index in [0.29, 0.717) is 5.92 Å². The molecule has 0 saturated carbocycles. The van der Waals surface area contributed by atoms with Crippen LogP contribution in [0.15, 0.2) is 193 Å². The lowest BCUT2D eigenvalue weighted by Crippen LogP contribution is -2.44. The highest BCUT2D eigenvalue weighted by atomic mass is 15.3. The van der Waals surface area contributed by atoms with Gasteiger partial charge in [0.25, 0.3) is 0 Å². The van der Waals surface area contributed by atoms with Crippen LogP contribution in [0.2, 0.25) is 0 Å². The van der Waals surface area contributed by atoms with E-state index >= 15 is 0 Å². The first-order chi connectivity index (χ1) is 28.0. The minimum atomic E-state index is -0.326. The average Bonchev–Trinajstić information content (AvgIpc) is 3.58. The topological polar surface area (TPSA) is 15.6 Å². The molecule has 0 amide bonds. The van der Waals surface area contributed by atoms with Crippen molar-refractivity contribution >= 4 is 55.5 Å². The molecule has 2 aliphatic carbocycles.